The molecular weight excluding hydrogens is 252 g/mol. The summed E-state index contributed by atoms with van der Waals surface area (Å²) in [5, 5.41) is 0. The summed E-state index contributed by atoms with van der Waals surface area (Å²) in [6, 6.07) is 15.2. The van der Waals surface area contributed by atoms with E-state index in [9.17, 15) is 4.79 Å². The minimum absolute atomic E-state index is 0.0350. The topological polar surface area (TPSA) is 46.3 Å². The Morgan fingerprint density at radius 2 is 2.00 bits per heavy atom. The molecule has 20 heavy (non-hydrogen) atoms. The zero-order valence-electron chi connectivity index (χ0n) is 11.1. The Kier molecular flexibility index (Phi) is 3.21. The Morgan fingerprint density at radius 1 is 1.20 bits per heavy atom. The van der Waals surface area contributed by atoms with Gasteiger partial charge in [0.05, 0.1) is 0 Å². The molecule has 0 aliphatic carbocycles. The lowest BCUT2D eigenvalue weighted by Gasteiger charge is -2.17. The van der Waals surface area contributed by atoms with Crippen molar-refractivity contribution >= 4 is 17.0 Å². The standard InChI is InChI=1S/C16H14N2O2/c1-18(10-12-5-3-2-4-6-12)16(19)13-7-8-14-15(9-13)20-11-17-14/h2-9,11H,10H2,1H3. The number of oxazole rings is 1. The molecule has 1 heterocycles. The van der Waals surface area contributed by atoms with Crippen LogP contribution in [0.5, 0.6) is 0 Å². The summed E-state index contributed by atoms with van der Waals surface area (Å²) in [5.41, 5.74) is 3.09. The van der Waals surface area contributed by atoms with E-state index in [0.717, 1.165) is 11.1 Å². The molecule has 1 amide bonds. The van der Waals surface area contributed by atoms with Crippen LogP contribution in [0.2, 0.25) is 0 Å². The largest absolute Gasteiger partial charge is 0.443 e. The summed E-state index contributed by atoms with van der Waals surface area (Å²) in [6.07, 6.45) is 1.38. The molecule has 4 heteroatoms. The van der Waals surface area contributed by atoms with E-state index in [1.165, 1.54) is 6.39 Å². The van der Waals surface area contributed by atoms with Crippen LogP contribution in [-0.2, 0) is 6.54 Å². The Morgan fingerprint density at radius 3 is 2.80 bits per heavy atom. The van der Waals surface area contributed by atoms with Crippen molar-refractivity contribution in [2.75, 3.05) is 7.05 Å². The van der Waals surface area contributed by atoms with Gasteiger partial charge in [0.1, 0.15) is 5.52 Å². The highest BCUT2D eigenvalue weighted by atomic mass is 16.3. The van der Waals surface area contributed by atoms with Crippen molar-refractivity contribution in [2.24, 2.45) is 0 Å². The maximum absolute atomic E-state index is 12.4. The second-order valence-electron chi connectivity index (χ2n) is 4.68. The zero-order chi connectivity index (χ0) is 13.9. The number of fused-ring (bicyclic) bond motifs is 1. The van der Waals surface area contributed by atoms with Crippen LogP contribution in [0.3, 0.4) is 0 Å². The molecule has 0 spiro atoms. The molecule has 1 aromatic heterocycles. The molecule has 0 unspecified atom stereocenters. The number of benzene rings is 2. The average Bonchev–Trinajstić information content (AvgIpc) is 2.94. The van der Waals surface area contributed by atoms with Crippen LogP contribution in [0.1, 0.15) is 15.9 Å². The molecule has 0 saturated heterocycles. The van der Waals surface area contributed by atoms with Gasteiger partial charge in [-0.15, -0.1) is 0 Å². The van der Waals surface area contributed by atoms with Gasteiger partial charge in [0.25, 0.3) is 5.91 Å². The molecule has 0 N–H and O–H groups in total. The number of rotatable bonds is 3. The second kappa shape index (κ2) is 5.17. The minimum atomic E-state index is -0.0350. The fraction of sp³-hybridized carbons (Fsp3) is 0.125. The lowest BCUT2D eigenvalue weighted by Crippen LogP contribution is -2.26. The smallest absolute Gasteiger partial charge is 0.254 e. The maximum Gasteiger partial charge on any atom is 0.254 e. The van der Waals surface area contributed by atoms with Crippen LogP contribution >= 0.6 is 0 Å². The number of nitrogens with zero attached hydrogens (tertiary/aromatic N) is 2. The number of aromatic nitrogens is 1. The van der Waals surface area contributed by atoms with E-state index in [4.69, 9.17) is 4.42 Å². The first kappa shape index (κ1) is 12.4. The highest BCUT2D eigenvalue weighted by Crippen LogP contribution is 2.16. The van der Waals surface area contributed by atoms with Crippen LogP contribution in [-0.4, -0.2) is 22.8 Å². The molecule has 0 aliphatic rings. The van der Waals surface area contributed by atoms with Crippen LogP contribution in [0.4, 0.5) is 0 Å². The van der Waals surface area contributed by atoms with Gasteiger partial charge in [-0.3, -0.25) is 4.79 Å². The van der Waals surface area contributed by atoms with Crippen molar-refractivity contribution in [3.8, 4) is 0 Å². The van der Waals surface area contributed by atoms with E-state index in [2.05, 4.69) is 4.98 Å². The highest BCUT2D eigenvalue weighted by molar-refractivity contribution is 5.96. The Hall–Kier alpha value is -2.62. The summed E-state index contributed by atoms with van der Waals surface area (Å²) < 4.78 is 5.22. The summed E-state index contributed by atoms with van der Waals surface area (Å²) in [5.74, 6) is -0.0350. The van der Waals surface area contributed by atoms with Gasteiger partial charge in [0, 0.05) is 19.2 Å². The van der Waals surface area contributed by atoms with Gasteiger partial charge in [-0.05, 0) is 23.8 Å². The maximum atomic E-state index is 12.4. The lowest BCUT2D eigenvalue weighted by molar-refractivity contribution is 0.0785. The molecule has 0 atom stereocenters. The number of carbonyl (C=O) groups excluding carboxylic acids is 1. The van der Waals surface area contributed by atoms with Gasteiger partial charge in [-0.2, -0.15) is 0 Å². The van der Waals surface area contributed by atoms with Crippen molar-refractivity contribution < 1.29 is 9.21 Å². The molecule has 3 rings (SSSR count). The van der Waals surface area contributed by atoms with Crippen LogP contribution < -0.4 is 0 Å². The molecule has 3 aromatic rings. The first-order valence-corrected chi connectivity index (χ1v) is 6.37. The third-order valence-electron chi connectivity index (χ3n) is 3.19. The predicted molar refractivity (Wildman–Crippen MR) is 76.2 cm³/mol. The van der Waals surface area contributed by atoms with Crippen molar-refractivity contribution in [3.05, 3.63) is 66.1 Å². The fourth-order valence-corrected chi connectivity index (χ4v) is 2.14. The molecular formula is C16H14N2O2. The number of hydrogen-bond acceptors (Lipinski definition) is 3. The third-order valence-corrected chi connectivity index (χ3v) is 3.19. The number of carbonyl (C=O) groups is 1. The summed E-state index contributed by atoms with van der Waals surface area (Å²) in [6.45, 7) is 0.577. The van der Waals surface area contributed by atoms with Crippen LogP contribution in [0.15, 0.2) is 59.3 Å². The third kappa shape index (κ3) is 2.40. The van der Waals surface area contributed by atoms with Crippen molar-refractivity contribution in [1.82, 2.24) is 9.88 Å². The average molecular weight is 266 g/mol. The van der Waals surface area contributed by atoms with Gasteiger partial charge >= 0.3 is 0 Å². The molecule has 4 nitrogen and oxygen atoms in total. The van der Waals surface area contributed by atoms with Crippen molar-refractivity contribution in [1.29, 1.82) is 0 Å². The monoisotopic (exact) mass is 266 g/mol. The Bertz CT molecular complexity index is 734. The summed E-state index contributed by atoms with van der Waals surface area (Å²) >= 11 is 0. The Balaban J connectivity index is 1.80. The first-order valence-electron chi connectivity index (χ1n) is 6.37. The molecule has 0 fully saturated rings. The predicted octanol–water partition coefficient (Wildman–Crippen LogP) is 3.10. The van der Waals surface area contributed by atoms with Gasteiger partial charge in [-0.1, -0.05) is 30.3 Å². The second-order valence-corrected chi connectivity index (χ2v) is 4.68. The van der Waals surface area contributed by atoms with Gasteiger partial charge in [0.2, 0.25) is 0 Å². The molecule has 0 radical (unpaired) electrons. The van der Waals surface area contributed by atoms with Crippen LogP contribution in [0, 0.1) is 0 Å². The fourth-order valence-electron chi connectivity index (χ4n) is 2.14. The molecule has 0 bridgehead atoms. The molecule has 0 saturated carbocycles. The minimum Gasteiger partial charge on any atom is -0.443 e. The van der Waals surface area contributed by atoms with Gasteiger partial charge < -0.3 is 9.32 Å². The summed E-state index contributed by atoms with van der Waals surface area (Å²) in [4.78, 5) is 18.1. The number of amides is 1. The number of hydrogen-bond donors (Lipinski definition) is 0. The van der Waals surface area contributed by atoms with E-state index in [-0.39, 0.29) is 5.91 Å². The SMILES string of the molecule is CN(Cc1ccccc1)C(=O)c1ccc2ncoc2c1. The van der Waals surface area contributed by atoms with E-state index in [1.807, 2.05) is 30.3 Å². The first-order chi connectivity index (χ1) is 9.74. The lowest BCUT2D eigenvalue weighted by atomic mass is 10.1. The van der Waals surface area contributed by atoms with Gasteiger partial charge in [-0.25, -0.2) is 4.98 Å². The van der Waals surface area contributed by atoms with E-state index < -0.39 is 0 Å². The van der Waals surface area contributed by atoms with E-state index in [1.54, 1.807) is 30.1 Å². The van der Waals surface area contributed by atoms with E-state index >= 15 is 0 Å². The van der Waals surface area contributed by atoms with Gasteiger partial charge in [0.15, 0.2) is 12.0 Å². The Labute approximate surface area is 116 Å². The molecule has 100 valence electrons. The van der Waals surface area contributed by atoms with E-state index in [0.29, 0.717) is 17.7 Å². The highest BCUT2D eigenvalue weighted by Gasteiger charge is 2.13. The summed E-state index contributed by atoms with van der Waals surface area (Å²) in [7, 11) is 1.79. The van der Waals surface area contributed by atoms with Crippen LogP contribution in [0.25, 0.3) is 11.1 Å². The normalized spacial score (nSPS) is 10.7. The van der Waals surface area contributed by atoms with Crippen molar-refractivity contribution in [2.45, 2.75) is 6.54 Å². The molecule has 2 aromatic carbocycles. The molecule has 0 aliphatic heterocycles. The van der Waals surface area contributed by atoms with Crippen molar-refractivity contribution in [3.63, 3.8) is 0 Å². The zero-order valence-corrected chi connectivity index (χ0v) is 11.1. The quantitative estimate of drug-likeness (QED) is 0.731.